The van der Waals surface area contributed by atoms with Crippen molar-refractivity contribution in [3.63, 3.8) is 0 Å². The fourth-order valence-electron chi connectivity index (χ4n) is 0.788. The number of rotatable bonds is 1. The summed E-state index contributed by atoms with van der Waals surface area (Å²) in [4.78, 5) is 0. The second-order valence-electron chi connectivity index (χ2n) is 2.17. The molecule has 1 aromatic rings. The third kappa shape index (κ3) is 1.92. The Kier molecular flexibility index (Phi) is 3.39. The van der Waals surface area contributed by atoms with Crippen LogP contribution in [0.25, 0.3) is 0 Å². The van der Waals surface area contributed by atoms with Crippen molar-refractivity contribution < 1.29 is 0 Å². The number of hydrogen-bond donors (Lipinski definition) is 0. The number of nitriles is 1. The van der Waals surface area contributed by atoms with Crippen molar-refractivity contribution in [3.8, 4) is 6.07 Å². The quantitative estimate of drug-likeness (QED) is 0.708. The molecule has 0 unspecified atom stereocenters. The van der Waals surface area contributed by atoms with E-state index in [9.17, 15) is 0 Å². The van der Waals surface area contributed by atoms with Crippen LogP contribution in [0.5, 0.6) is 0 Å². The fraction of sp³-hybridized carbons (Fsp3) is 0.125. The van der Waals surface area contributed by atoms with Crippen LogP contribution in [0.15, 0.2) is 16.6 Å². The van der Waals surface area contributed by atoms with Crippen molar-refractivity contribution in [3.05, 3.63) is 32.2 Å². The molecule has 1 rings (SSSR count). The molecule has 0 radical (unpaired) electrons. The number of nitrogens with zero attached hydrogens (tertiary/aromatic N) is 1. The van der Waals surface area contributed by atoms with E-state index >= 15 is 0 Å². The second-order valence-corrected chi connectivity index (χ2v) is 3.78. The molecule has 0 aliphatic carbocycles. The summed E-state index contributed by atoms with van der Waals surface area (Å²) in [6, 6.07) is 5.57. The van der Waals surface area contributed by atoms with Gasteiger partial charge in [0.2, 0.25) is 0 Å². The summed E-state index contributed by atoms with van der Waals surface area (Å²) in [6.07, 6.45) is 0.284. The number of hydrogen-bond acceptors (Lipinski definition) is 1. The Morgan fingerprint density at radius 3 is 2.58 bits per heavy atom. The van der Waals surface area contributed by atoms with Crippen LogP contribution in [0, 0.1) is 11.3 Å². The molecular weight excluding hydrogens is 261 g/mol. The molecule has 0 spiro atoms. The lowest BCUT2D eigenvalue weighted by molar-refractivity contribution is 1.26. The summed E-state index contributed by atoms with van der Waals surface area (Å²) in [5.74, 6) is 0. The van der Waals surface area contributed by atoms with E-state index in [1.165, 1.54) is 0 Å². The second kappa shape index (κ2) is 4.13. The SMILES string of the molecule is N#CCc1ccc(Br)c(Cl)c1Cl. The van der Waals surface area contributed by atoms with Gasteiger partial charge >= 0.3 is 0 Å². The molecular formula is C8H4BrCl2N. The first kappa shape index (κ1) is 9.85. The minimum atomic E-state index is 0.284. The maximum atomic E-state index is 8.44. The molecule has 1 aromatic carbocycles. The maximum absolute atomic E-state index is 8.44. The van der Waals surface area contributed by atoms with Crippen molar-refractivity contribution in [2.45, 2.75) is 6.42 Å². The summed E-state index contributed by atoms with van der Waals surface area (Å²) in [5, 5.41) is 9.35. The van der Waals surface area contributed by atoms with Gasteiger partial charge in [-0.1, -0.05) is 29.3 Å². The van der Waals surface area contributed by atoms with E-state index in [0.29, 0.717) is 10.0 Å². The normalized spacial score (nSPS) is 9.50. The minimum absolute atomic E-state index is 0.284. The summed E-state index contributed by atoms with van der Waals surface area (Å²) >= 11 is 14.9. The van der Waals surface area contributed by atoms with Gasteiger partial charge in [-0.2, -0.15) is 5.26 Å². The molecule has 1 nitrogen and oxygen atoms in total. The van der Waals surface area contributed by atoms with Gasteiger partial charge in [0, 0.05) is 4.47 Å². The Bertz CT molecular complexity index is 344. The zero-order chi connectivity index (χ0) is 9.14. The van der Waals surface area contributed by atoms with E-state index in [0.717, 1.165) is 10.0 Å². The van der Waals surface area contributed by atoms with Gasteiger partial charge in [-0.05, 0) is 27.6 Å². The highest BCUT2D eigenvalue weighted by Crippen LogP contribution is 2.32. The lowest BCUT2D eigenvalue weighted by Gasteiger charge is -2.02. The Labute approximate surface area is 89.0 Å². The van der Waals surface area contributed by atoms with Crippen LogP contribution >= 0.6 is 39.1 Å². The highest BCUT2D eigenvalue weighted by Gasteiger charge is 2.07. The van der Waals surface area contributed by atoms with E-state index in [2.05, 4.69) is 15.9 Å². The van der Waals surface area contributed by atoms with Crippen LogP contribution in [0.2, 0.25) is 10.0 Å². The van der Waals surface area contributed by atoms with Gasteiger partial charge in [-0.25, -0.2) is 0 Å². The number of benzene rings is 1. The van der Waals surface area contributed by atoms with E-state index in [1.54, 1.807) is 12.1 Å². The lowest BCUT2D eigenvalue weighted by atomic mass is 10.2. The molecule has 62 valence electrons. The molecule has 0 bridgehead atoms. The predicted molar refractivity (Wildman–Crippen MR) is 53.5 cm³/mol. The first-order valence-electron chi connectivity index (χ1n) is 3.16. The molecule has 0 saturated carbocycles. The fourth-order valence-corrected chi connectivity index (χ4v) is 1.65. The number of halogens is 3. The van der Waals surface area contributed by atoms with Gasteiger partial charge in [-0.3, -0.25) is 0 Å². The highest BCUT2D eigenvalue weighted by atomic mass is 79.9. The van der Waals surface area contributed by atoms with E-state index in [4.69, 9.17) is 28.5 Å². The van der Waals surface area contributed by atoms with E-state index in [1.807, 2.05) is 6.07 Å². The Hall–Kier alpha value is -0.230. The molecule has 0 heterocycles. The van der Waals surface area contributed by atoms with Gasteiger partial charge in [0.05, 0.1) is 22.5 Å². The monoisotopic (exact) mass is 263 g/mol. The Morgan fingerprint density at radius 1 is 1.33 bits per heavy atom. The van der Waals surface area contributed by atoms with Crippen LogP contribution in [0.3, 0.4) is 0 Å². The average molecular weight is 265 g/mol. The Morgan fingerprint density at radius 2 is 2.00 bits per heavy atom. The minimum Gasteiger partial charge on any atom is -0.198 e. The van der Waals surface area contributed by atoms with Crippen molar-refractivity contribution in [1.82, 2.24) is 0 Å². The molecule has 0 aliphatic heterocycles. The van der Waals surface area contributed by atoms with Gasteiger partial charge in [0.1, 0.15) is 0 Å². The van der Waals surface area contributed by atoms with Crippen LogP contribution in [-0.2, 0) is 6.42 Å². The zero-order valence-corrected chi connectivity index (χ0v) is 9.04. The van der Waals surface area contributed by atoms with Gasteiger partial charge in [-0.15, -0.1) is 0 Å². The summed E-state index contributed by atoms with van der Waals surface area (Å²) in [6.45, 7) is 0. The highest BCUT2D eigenvalue weighted by molar-refractivity contribution is 9.10. The molecule has 0 aromatic heterocycles. The molecule has 4 heteroatoms. The first-order chi connectivity index (χ1) is 5.66. The van der Waals surface area contributed by atoms with Crippen molar-refractivity contribution in [2.24, 2.45) is 0 Å². The third-order valence-corrected chi connectivity index (χ3v) is 3.19. The summed E-state index contributed by atoms with van der Waals surface area (Å²) in [7, 11) is 0. The smallest absolute Gasteiger partial charge is 0.0737 e. The van der Waals surface area contributed by atoms with Crippen LogP contribution < -0.4 is 0 Å². The van der Waals surface area contributed by atoms with Crippen LogP contribution in [0.4, 0.5) is 0 Å². The average Bonchev–Trinajstić information content (AvgIpc) is 2.07. The molecule has 0 atom stereocenters. The molecule has 0 saturated heterocycles. The lowest BCUT2D eigenvalue weighted by Crippen LogP contribution is -1.84. The van der Waals surface area contributed by atoms with E-state index in [-0.39, 0.29) is 6.42 Å². The van der Waals surface area contributed by atoms with Crippen LogP contribution in [0.1, 0.15) is 5.56 Å². The maximum Gasteiger partial charge on any atom is 0.0737 e. The van der Waals surface area contributed by atoms with Gasteiger partial charge < -0.3 is 0 Å². The molecule has 0 amide bonds. The van der Waals surface area contributed by atoms with Gasteiger partial charge in [0.15, 0.2) is 0 Å². The van der Waals surface area contributed by atoms with E-state index < -0.39 is 0 Å². The summed E-state index contributed by atoms with van der Waals surface area (Å²) < 4.78 is 0.746. The van der Waals surface area contributed by atoms with Crippen LogP contribution in [-0.4, -0.2) is 0 Å². The molecule has 0 N–H and O–H groups in total. The molecule has 0 aliphatic rings. The van der Waals surface area contributed by atoms with Crippen molar-refractivity contribution in [1.29, 1.82) is 5.26 Å². The summed E-state index contributed by atoms with van der Waals surface area (Å²) in [5.41, 5.74) is 0.757. The molecule has 0 fully saturated rings. The third-order valence-electron chi connectivity index (χ3n) is 1.38. The topological polar surface area (TPSA) is 23.8 Å². The zero-order valence-electron chi connectivity index (χ0n) is 5.94. The Balaban J connectivity index is 3.19. The largest absolute Gasteiger partial charge is 0.198 e. The standard InChI is InChI=1S/C8H4BrCl2N/c9-6-2-1-5(3-4-12)7(10)8(6)11/h1-2H,3H2. The van der Waals surface area contributed by atoms with Gasteiger partial charge in [0.25, 0.3) is 0 Å². The van der Waals surface area contributed by atoms with Crippen molar-refractivity contribution >= 4 is 39.1 Å². The predicted octanol–water partition coefficient (Wildman–Crippen LogP) is 3.82. The first-order valence-corrected chi connectivity index (χ1v) is 4.71. The van der Waals surface area contributed by atoms with Crippen molar-refractivity contribution in [2.75, 3.05) is 0 Å². The molecule has 12 heavy (non-hydrogen) atoms.